The molecule has 1 N–H and O–H groups in total. The molecule has 0 bridgehead atoms. The van der Waals surface area contributed by atoms with Crippen molar-refractivity contribution in [3.63, 3.8) is 0 Å². The van der Waals surface area contributed by atoms with Crippen LogP contribution in [0.25, 0.3) is 0 Å². The molecule has 0 aliphatic rings. The number of nitrogens with one attached hydrogen (secondary N) is 1. The number of amides is 1. The van der Waals surface area contributed by atoms with Gasteiger partial charge in [0.15, 0.2) is 5.82 Å². The van der Waals surface area contributed by atoms with E-state index in [1.165, 1.54) is 0 Å². The number of rotatable bonds is 3. The van der Waals surface area contributed by atoms with Crippen LogP contribution in [0.5, 0.6) is 0 Å². The maximum atomic E-state index is 11.0. The summed E-state index contributed by atoms with van der Waals surface area (Å²) in [5.41, 5.74) is 0. The molecule has 1 aromatic heterocycles. The lowest BCUT2D eigenvalue weighted by Crippen LogP contribution is -2.12. The first kappa shape index (κ1) is 9.25. The van der Waals surface area contributed by atoms with Gasteiger partial charge in [-0.3, -0.25) is 9.48 Å². The van der Waals surface area contributed by atoms with Crippen molar-refractivity contribution < 1.29 is 4.79 Å². The van der Waals surface area contributed by atoms with Crippen molar-refractivity contribution in [2.24, 2.45) is 7.05 Å². The minimum Gasteiger partial charge on any atom is -0.309 e. The number of aromatic nitrogens is 2. The summed E-state index contributed by atoms with van der Waals surface area (Å²) >= 11 is 3.18. The molecule has 0 atom stereocenters. The number of aryl methyl sites for hydroxylation is 1. The van der Waals surface area contributed by atoms with Gasteiger partial charge in [0, 0.05) is 31.1 Å². The molecule has 1 heterocycles. The Kier molecular flexibility index (Phi) is 3.28. The highest BCUT2D eigenvalue weighted by molar-refractivity contribution is 9.09. The van der Waals surface area contributed by atoms with Crippen molar-refractivity contribution in [1.82, 2.24) is 9.78 Å². The summed E-state index contributed by atoms with van der Waals surface area (Å²) in [5, 5.41) is 7.34. The van der Waals surface area contributed by atoms with Crippen molar-refractivity contribution >= 4 is 27.7 Å². The molecule has 0 saturated carbocycles. The highest BCUT2D eigenvalue weighted by Crippen LogP contribution is 2.01. The Morgan fingerprint density at radius 3 is 3.08 bits per heavy atom. The molecule has 12 heavy (non-hydrogen) atoms. The van der Waals surface area contributed by atoms with E-state index in [0.717, 1.165) is 0 Å². The molecule has 0 aromatic carbocycles. The number of carbonyl (C=O) groups excluding carboxylic acids is 1. The van der Waals surface area contributed by atoms with E-state index < -0.39 is 0 Å². The minimum atomic E-state index is -0.0226. The fraction of sp³-hybridized carbons (Fsp3) is 0.429. The van der Waals surface area contributed by atoms with Gasteiger partial charge < -0.3 is 5.32 Å². The Morgan fingerprint density at radius 1 is 1.83 bits per heavy atom. The quantitative estimate of drug-likeness (QED) is 0.794. The van der Waals surface area contributed by atoms with Gasteiger partial charge in [-0.25, -0.2) is 0 Å². The summed E-state index contributed by atoms with van der Waals surface area (Å²) in [6, 6.07) is 1.76. The first-order valence-corrected chi connectivity index (χ1v) is 4.70. The Labute approximate surface area is 79.1 Å². The highest BCUT2D eigenvalue weighted by atomic mass is 79.9. The molecule has 0 unspecified atom stereocenters. The summed E-state index contributed by atoms with van der Waals surface area (Å²) in [4.78, 5) is 11.0. The molecule has 0 saturated heterocycles. The molecule has 1 aromatic rings. The second kappa shape index (κ2) is 4.25. The third kappa shape index (κ3) is 2.65. The summed E-state index contributed by atoms with van der Waals surface area (Å²) in [5.74, 6) is 0.578. The molecule has 0 radical (unpaired) electrons. The Bertz CT molecular complexity index is 271. The van der Waals surface area contributed by atoms with Crippen LogP contribution < -0.4 is 5.32 Å². The smallest absolute Gasteiger partial charge is 0.226 e. The number of hydrogen-bond donors (Lipinski definition) is 1. The zero-order chi connectivity index (χ0) is 8.97. The molecule has 5 heteroatoms. The number of carbonyl (C=O) groups is 1. The van der Waals surface area contributed by atoms with Crippen molar-refractivity contribution in [3.05, 3.63) is 12.3 Å². The lowest BCUT2D eigenvalue weighted by atomic mass is 10.4. The Balaban J connectivity index is 2.46. The third-order valence-electron chi connectivity index (χ3n) is 1.30. The number of alkyl halides is 1. The largest absolute Gasteiger partial charge is 0.309 e. The van der Waals surface area contributed by atoms with E-state index in [4.69, 9.17) is 0 Å². The Hall–Kier alpha value is -0.840. The lowest BCUT2D eigenvalue weighted by molar-refractivity contribution is -0.115. The second-order valence-electron chi connectivity index (χ2n) is 2.36. The molecule has 66 valence electrons. The van der Waals surface area contributed by atoms with Crippen LogP contribution in [0.4, 0.5) is 5.82 Å². The molecular weight excluding hydrogens is 222 g/mol. The van der Waals surface area contributed by atoms with Crippen LogP contribution in [0.1, 0.15) is 6.42 Å². The van der Waals surface area contributed by atoms with E-state index in [-0.39, 0.29) is 5.91 Å². The standard InChI is InChI=1S/C7H10BrN3O/c1-11-5-3-6(10-11)9-7(12)2-4-8/h3,5H,2,4H2,1H3,(H,9,10,12). The van der Waals surface area contributed by atoms with Gasteiger partial charge in [0.2, 0.25) is 5.91 Å². The summed E-state index contributed by atoms with van der Waals surface area (Å²) in [7, 11) is 1.81. The maximum Gasteiger partial charge on any atom is 0.226 e. The van der Waals surface area contributed by atoms with Gasteiger partial charge >= 0.3 is 0 Å². The van der Waals surface area contributed by atoms with Crippen LogP contribution in [0.2, 0.25) is 0 Å². The van der Waals surface area contributed by atoms with Crippen LogP contribution in [-0.2, 0) is 11.8 Å². The van der Waals surface area contributed by atoms with Gasteiger partial charge in [0.1, 0.15) is 0 Å². The molecule has 0 fully saturated rings. The van der Waals surface area contributed by atoms with Crippen LogP contribution in [0.3, 0.4) is 0 Å². The SMILES string of the molecule is Cn1ccc(NC(=O)CCBr)n1. The maximum absolute atomic E-state index is 11.0. The summed E-state index contributed by atoms with van der Waals surface area (Å²) in [6.07, 6.45) is 2.25. The zero-order valence-corrected chi connectivity index (χ0v) is 8.34. The molecule has 0 aliphatic carbocycles. The topological polar surface area (TPSA) is 46.9 Å². The molecule has 4 nitrogen and oxygen atoms in total. The second-order valence-corrected chi connectivity index (χ2v) is 3.15. The average molecular weight is 232 g/mol. The Morgan fingerprint density at radius 2 is 2.58 bits per heavy atom. The van der Waals surface area contributed by atoms with Gasteiger partial charge in [-0.15, -0.1) is 0 Å². The monoisotopic (exact) mass is 231 g/mol. The van der Waals surface area contributed by atoms with Gasteiger partial charge in [0.05, 0.1) is 0 Å². The number of hydrogen-bond acceptors (Lipinski definition) is 2. The number of anilines is 1. The van der Waals surface area contributed by atoms with E-state index in [9.17, 15) is 4.79 Å². The average Bonchev–Trinajstić information content (AvgIpc) is 2.36. The van der Waals surface area contributed by atoms with E-state index >= 15 is 0 Å². The van der Waals surface area contributed by atoms with Crippen LogP contribution in [0.15, 0.2) is 12.3 Å². The van der Waals surface area contributed by atoms with Crippen molar-refractivity contribution in [2.75, 3.05) is 10.6 Å². The van der Waals surface area contributed by atoms with E-state index in [2.05, 4.69) is 26.3 Å². The molecule has 1 rings (SSSR count). The van der Waals surface area contributed by atoms with Crippen molar-refractivity contribution in [3.8, 4) is 0 Å². The third-order valence-corrected chi connectivity index (χ3v) is 1.70. The fourth-order valence-corrected chi connectivity index (χ4v) is 1.13. The number of halogens is 1. The molecule has 0 spiro atoms. The summed E-state index contributed by atoms with van der Waals surface area (Å²) in [6.45, 7) is 0. The predicted molar refractivity (Wildman–Crippen MR) is 50.2 cm³/mol. The van der Waals surface area contributed by atoms with Gasteiger partial charge in [-0.05, 0) is 0 Å². The van der Waals surface area contributed by atoms with E-state index in [1.807, 2.05) is 0 Å². The fourth-order valence-electron chi connectivity index (χ4n) is 0.773. The van der Waals surface area contributed by atoms with Crippen LogP contribution >= 0.6 is 15.9 Å². The van der Waals surface area contributed by atoms with Gasteiger partial charge in [-0.2, -0.15) is 5.10 Å². The van der Waals surface area contributed by atoms with Crippen LogP contribution in [0, 0.1) is 0 Å². The van der Waals surface area contributed by atoms with Crippen LogP contribution in [-0.4, -0.2) is 21.0 Å². The van der Waals surface area contributed by atoms with E-state index in [0.29, 0.717) is 17.6 Å². The normalized spacial score (nSPS) is 9.83. The predicted octanol–water partition coefficient (Wildman–Crippen LogP) is 1.14. The van der Waals surface area contributed by atoms with Crippen molar-refractivity contribution in [2.45, 2.75) is 6.42 Å². The first-order chi connectivity index (χ1) is 5.72. The highest BCUT2D eigenvalue weighted by Gasteiger charge is 2.01. The number of nitrogens with zero attached hydrogens (tertiary/aromatic N) is 2. The first-order valence-electron chi connectivity index (χ1n) is 3.58. The molecule has 1 amide bonds. The summed E-state index contributed by atoms with van der Waals surface area (Å²) < 4.78 is 1.64. The zero-order valence-electron chi connectivity index (χ0n) is 6.75. The van der Waals surface area contributed by atoms with Gasteiger partial charge in [-0.1, -0.05) is 15.9 Å². The van der Waals surface area contributed by atoms with Gasteiger partial charge in [0.25, 0.3) is 0 Å². The minimum absolute atomic E-state index is 0.0226. The van der Waals surface area contributed by atoms with E-state index in [1.54, 1.807) is 24.0 Å². The molecular formula is C7H10BrN3O. The lowest BCUT2D eigenvalue weighted by Gasteiger charge is -1.97. The molecule has 0 aliphatic heterocycles. The van der Waals surface area contributed by atoms with Crippen molar-refractivity contribution in [1.29, 1.82) is 0 Å².